The lowest BCUT2D eigenvalue weighted by Crippen LogP contribution is -2.56. The maximum Gasteiger partial charge on any atom is 0.508 e. The number of fused-ring (bicyclic) bond motifs is 2. The Morgan fingerprint density at radius 2 is 1.85 bits per heavy atom. The molecular formula is C28H38O5. The normalized spacial score (nSPS) is 45.4. The van der Waals surface area contributed by atoms with Gasteiger partial charge in [0, 0.05) is 17.3 Å². The van der Waals surface area contributed by atoms with Crippen LogP contribution in [0.5, 0.6) is 0 Å². The molecule has 1 saturated heterocycles. The summed E-state index contributed by atoms with van der Waals surface area (Å²) in [4.78, 5) is 12.6. The molecule has 1 heterocycles. The van der Waals surface area contributed by atoms with Gasteiger partial charge in [-0.1, -0.05) is 64.1 Å². The molecule has 9 atom stereocenters. The summed E-state index contributed by atoms with van der Waals surface area (Å²) in [6.07, 6.45) is 3.12. The number of aliphatic hydroxyl groups is 1. The largest absolute Gasteiger partial charge is 0.508 e. The number of carbonyl (C=O) groups is 1. The van der Waals surface area contributed by atoms with Gasteiger partial charge in [-0.3, -0.25) is 0 Å². The molecule has 0 radical (unpaired) electrons. The highest BCUT2D eigenvalue weighted by Gasteiger charge is 2.67. The van der Waals surface area contributed by atoms with E-state index < -0.39 is 12.3 Å². The molecule has 33 heavy (non-hydrogen) atoms. The van der Waals surface area contributed by atoms with Gasteiger partial charge in [0.1, 0.15) is 12.2 Å². The van der Waals surface area contributed by atoms with E-state index in [4.69, 9.17) is 14.2 Å². The summed E-state index contributed by atoms with van der Waals surface area (Å²) in [5, 5.41) is 11.2. The SMILES string of the molecule is C/C1=C/[C@H]2[C@H](C[C@@H](C)[C@@H]2OCc2ccccc2)[C@@H]2OC(=O)O[C@@H]3CC(C)(C)[C@@H](C[C@H]1O)[C@@]32C. The van der Waals surface area contributed by atoms with Crippen LogP contribution < -0.4 is 0 Å². The summed E-state index contributed by atoms with van der Waals surface area (Å²) < 4.78 is 18.4. The lowest BCUT2D eigenvalue weighted by atomic mass is 9.62. The van der Waals surface area contributed by atoms with Crippen LogP contribution >= 0.6 is 0 Å². The van der Waals surface area contributed by atoms with E-state index in [1.54, 1.807) is 0 Å². The highest BCUT2D eigenvalue weighted by molar-refractivity contribution is 5.62. The zero-order chi connectivity index (χ0) is 23.5. The van der Waals surface area contributed by atoms with Gasteiger partial charge in [0.05, 0.1) is 18.8 Å². The number of carbonyl (C=O) groups excluding carboxylic acids is 1. The Bertz CT molecular complexity index is 923. The van der Waals surface area contributed by atoms with Crippen LogP contribution in [-0.4, -0.2) is 35.7 Å². The molecule has 2 saturated carbocycles. The number of ether oxygens (including phenoxy) is 3. The third-order valence-corrected chi connectivity index (χ3v) is 9.37. The van der Waals surface area contributed by atoms with Crippen molar-refractivity contribution in [2.45, 2.75) is 84.9 Å². The maximum atomic E-state index is 12.6. The molecule has 0 aromatic heterocycles. The number of aliphatic hydroxyl groups excluding tert-OH is 1. The average molecular weight is 455 g/mol. The molecule has 5 rings (SSSR count). The van der Waals surface area contributed by atoms with Crippen molar-refractivity contribution in [3.63, 3.8) is 0 Å². The predicted octanol–water partition coefficient (Wildman–Crippen LogP) is 5.51. The van der Waals surface area contributed by atoms with Crippen LogP contribution in [0.15, 0.2) is 42.0 Å². The molecule has 4 aliphatic rings. The van der Waals surface area contributed by atoms with Crippen LogP contribution in [0.4, 0.5) is 4.79 Å². The first kappa shape index (κ1) is 22.9. The molecule has 180 valence electrons. The lowest BCUT2D eigenvalue weighted by Gasteiger charge is -2.49. The Morgan fingerprint density at radius 1 is 1.12 bits per heavy atom. The van der Waals surface area contributed by atoms with Crippen LogP contribution in [-0.2, 0) is 20.8 Å². The van der Waals surface area contributed by atoms with Crippen LogP contribution in [0.3, 0.4) is 0 Å². The first-order chi connectivity index (χ1) is 15.6. The van der Waals surface area contributed by atoms with Crippen LogP contribution in [0.2, 0.25) is 0 Å². The zero-order valence-corrected chi connectivity index (χ0v) is 20.5. The summed E-state index contributed by atoms with van der Waals surface area (Å²) in [5.74, 6) is 0.720. The summed E-state index contributed by atoms with van der Waals surface area (Å²) in [6.45, 7) is 11.6. The van der Waals surface area contributed by atoms with Gasteiger partial charge in [0.25, 0.3) is 0 Å². The molecule has 1 aliphatic heterocycles. The standard InChI is InChI=1S/C28H38O5/c1-16-11-19-20(12-17(2)24(19)31-15-18-9-7-6-8-10-18)25-28(5)22(13-21(16)29)27(3,4)14-23(28)32-26(30)33-25/h6-11,17,19-25,29H,12-15H2,1-5H3/b16-11-/t17-,19+,20+,21-,22-,23-,24+,25+,28+/m1/s1. The molecule has 1 aromatic carbocycles. The van der Waals surface area contributed by atoms with Gasteiger partial charge >= 0.3 is 6.16 Å². The second kappa shape index (κ2) is 8.13. The highest BCUT2D eigenvalue weighted by Crippen LogP contribution is 2.64. The number of benzene rings is 1. The van der Waals surface area contributed by atoms with Crippen LogP contribution in [0, 0.1) is 34.5 Å². The second-order valence-corrected chi connectivity index (χ2v) is 11.9. The van der Waals surface area contributed by atoms with Gasteiger partial charge in [0.15, 0.2) is 0 Å². The van der Waals surface area contributed by atoms with E-state index >= 15 is 0 Å². The van der Waals surface area contributed by atoms with Crippen molar-refractivity contribution in [1.29, 1.82) is 0 Å². The molecule has 0 unspecified atom stereocenters. The molecule has 0 bridgehead atoms. The first-order valence-corrected chi connectivity index (χ1v) is 12.5. The molecule has 5 heteroatoms. The number of rotatable bonds is 3. The van der Waals surface area contributed by atoms with E-state index in [1.807, 2.05) is 25.1 Å². The van der Waals surface area contributed by atoms with Gasteiger partial charge < -0.3 is 19.3 Å². The second-order valence-electron chi connectivity index (χ2n) is 11.9. The van der Waals surface area contributed by atoms with Crippen molar-refractivity contribution in [2.75, 3.05) is 0 Å². The fraction of sp³-hybridized carbons (Fsp3) is 0.679. The van der Waals surface area contributed by atoms with Crippen molar-refractivity contribution < 1.29 is 24.1 Å². The summed E-state index contributed by atoms with van der Waals surface area (Å²) in [5.41, 5.74) is 1.76. The molecule has 3 aliphatic carbocycles. The smallest absolute Gasteiger partial charge is 0.430 e. The van der Waals surface area contributed by atoms with Crippen LogP contribution in [0.1, 0.15) is 59.4 Å². The third-order valence-electron chi connectivity index (χ3n) is 9.37. The van der Waals surface area contributed by atoms with Crippen molar-refractivity contribution in [3.8, 4) is 0 Å². The highest BCUT2D eigenvalue weighted by atomic mass is 16.7. The van der Waals surface area contributed by atoms with Crippen molar-refractivity contribution >= 4 is 6.16 Å². The van der Waals surface area contributed by atoms with Crippen molar-refractivity contribution in [3.05, 3.63) is 47.5 Å². The molecular weight excluding hydrogens is 416 g/mol. The Balaban J connectivity index is 1.53. The van der Waals surface area contributed by atoms with Crippen LogP contribution in [0.25, 0.3) is 0 Å². The monoisotopic (exact) mass is 454 g/mol. The average Bonchev–Trinajstić information content (AvgIpc) is 3.17. The summed E-state index contributed by atoms with van der Waals surface area (Å²) >= 11 is 0. The third kappa shape index (κ3) is 3.72. The minimum atomic E-state index is -0.542. The van der Waals surface area contributed by atoms with E-state index in [-0.39, 0.29) is 46.9 Å². The molecule has 1 N–H and O–H groups in total. The Kier molecular flexibility index (Phi) is 5.64. The molecule has 1 aromatic rings. The number of hydrogen-bond donors (Lipinski definition) is 1. The molecule has 3 fully saturated rings. The van der Waals surface area contributed by atoms with E-state index in [0.717, 1.165) is 24.0 Å². The molecule has 0 spiro atoms. The van der Waals surface area contributed by atoms with Gasteiger partial charge in [-0.2, -0.15) is 0 Å². The van der Waals surface area contributed by atoms with Gasteiger partial charge in [-0.25, -0.2) is 4.79 Å². The van der Waals surface area contributed by atoms with Gasteiger partial charge in [-0.05, 0) is 54.6 Å². The predicted molar refractivity (Wildman–Crippen MR) is 125 cm³/mol. The maximum absolute atomic E-state index is 12.6. The zero-order valence-electron chi connectivity index (χ0n) is 20.5. The van der Waals surface area contributed by atoms with Gasteiger partial charge in [-0.15, -0.1) is 0 Å². The summed E-state index contributed by atoms with van der Waals surface area (Å²) in [6, 6.07) is 10.2. The minimum absolute atomic E-state index is 0.00640. The quantitative estimate of drug-likeness (QED) is 0.482. The first-order valence-electron chi connectivity index (χ1n) is 12.5. The Morgan fingerprint density at radius 3 is 2.58 bits per heavy atom. The van der Waals surface area contributed by atoms with Gasteiger partial charge in [0.2, 0.25) is 0 Å². The lowest BCUT2D eigenvalue weighted by molar-refractivity contribution is -0.174. The topological polar surface area (TPSA) is 65.0 Å². The summed E-state index contributed by atoms with van der Waals surface area (Å²) in [7, 11) is 0. The van der Waals surface area contributed by atoms with E-state index in [9.17, 15) is 9.90 Å². The molecule has 0 amide bonds. The van der Waals surface area contributed by atoms with E-state index in [2.05, 4.69) is 45.9 Å². The fourth-order valence-corrected chi connectivity index (χ4v) is 7.71. The van der Waals surface area contributed by atoms with Crippen molar-refractivity contribution in [1.82, 2.24) is 0 Å². The molecule has 5 nitrogen and oxygen atoms in total. The Hall–Kier alpha value is -1.85. The minimum Gasteiger partial charge on any atom is -0.430 e. The van der Waals surface area contributed by atoms with E-state index in [0.29, 0.717) is 18.9 Å². The Labute approximate surface area is 197 Å². The number of hydrogen-bond acceptors (Lipinski definition) is 5. The van der Waals surface area contributed by atoms with Crippen molar-refractivity contribution in [2.24, 2.45) is 34.5 Å². The van der Waals surface area contributed by atoms with E-state index in [1.165, 1.54) is 0 Å². The fourth-order valence-electron chi connectivity index (χ4n) is 7.71.